The molecule has 20 heavy (non-hydrogen) atoms. The summed E-state index contributed by atoms with van der Waals surface area (Å²) in [4.78, 5) is 22.1. The zero-order valence-corrected chi connectivity index (χ0v) is 19.0. The number of hydrogen-bond donors (Lipinski definition) is 2. The fourth-order valence-electron chi connectivity index (χ4n) is 2.36. The van der Waals surface area contributed by atoms with Crippen LogP contribution in [0.25, 0.3) is 0 Å². The molecule has 0 saturated carbocycles. The van der Waals surface area contributed by atoms with Gasteiger partial charge in [0.05, 0.1) is 0 Å². The van der Waals surface area contributed by atoms with Gasteiger partial charge in [-0.2, -0.15) is 0 Å². The number of ketones is 1. The number of rotatable bonds is 3. The van der Waals surface area contributed by atoms with E-state index in [0.717, 1.165) is 6.08 Å². The summed E-state index contributed by atoms with van der Waals surface area (Å²) in [6.07, 6.45) is 5.92. The quantitative estimate of drug-likeness (QED) is 0.564. The van der Waals surface area contributed by atoms with Crippen molar-refractivity contribution in [1.29, 1.82) is 0 Å². The molecular weight excluding hydrogens is 377 g/mol. The van der Waals surface area contributed by atoms with E-state index in [1.54, 1.807) is 26.0 Å². The summed E-state index contributed by atoms with van der Waals surface area (Å²) in [5, 5.41) is 19.4. The molecule has 1 rings (SSSR count). The van der Waals surface area contributed by atoms with E-state index < -0.39 is 17.0 Å². The molecule has 0 heterocycles. The molecule has 0 bridgehead atoms. The summed E-state index contributed by atoms with van der Waals surface area (Å²) in [6, 6.07) is 0. The van der Waals surface area contributed by atoms with E-state index in [4.69, 9.17) is 5.11 Å². The van der Waals surface area contributed by atoms with Crippen LogP contribution in [0.3, 0.4) is 0 Å². The van der Waals surface area contributed by atoms with Crippen molar-refractivity contribution in [3.63, 3.8) is 0 Å². The number of carbonyl (C=O) groups excluding carboxylic acids is 1. The van der Waals surface area contributed by atoms with Gasteiger partial charge in [-0.1, -0.05) is 19.9 Å². The molecule has 0 aliphatic heterocycles. The first kappa shape index (κ1) is 20.4. The third-order valence-corrected chi connectivity index (χ3v) is 3.57. The maximum Gasteiger partial charge on any atom is 0.328 e. The van der Waals surface area contributed by atoms with Crippen LogP contribution < -0.4 is 0 Å². The van der Waals surface area contributed by atoms with Crippen molar-refractivity contribution < 1.29 is 19.8 Å². The van der Waals surface area contributed by atoms with Crippen molar-refractivity contribution in [2.24, 2.45) is 5.41 Å². The summed E-state index contributed by atoms with van der Waals surface area (Å²) in [5.74, 6) is -1.03. The largest absolute Gasteiger partial charge is 0.478 e. The van der Waals surface area contributed by atoms with Crippen molar-refractivity contribution in [3.05, 3.63) is 35.5 Å². The maximum atomic E-state index is 11.6. The molecule has 0 fully saturated rings. The summed E-state index contributed by atoms with van der Waals surface area (Å²) in [5.41, 5.74) is -0.758. The minimum atomic E-state index is -1.24. The first-order valence-electron chi connectivity index (χ1n) is 6.13. The van der Waals surface area contributed by atoms with Crippen LogP contribution in [0.1, 0.15) is 34.1 Å². The third-order valence-electron chi connectivity index (χ3n) is 3.57. The van der Waals surface area contributed by atoms with Crippen LogP contribution >= 0.6 is 0 Å². The van der Waals surface area contributed by atoms with Crippen LogP contribution in [0, 0.1) is 5.41 Å². The van der Waals surface area contributed by atoms with Crippen molar-refractivity contribution in [2.75, 3.05) is 0 Å². The zero-order valence-electron chi connectivity index (χ0n) is 12.7. The van der Waals surface area contributed by atoms with Gasteiger partial charge < -0.3 is 10.2 Å². The Labute approximate surface area is 178 Å². The van der Waals surface area contributed by atoms with E-state index in [1.807, 2.05) is 13.8 Å². The predicted molar refractivity (Wildman–Crippen MR) is 78.4 cm³/mol. The molecule has 0 unspecified atom stereocenters. The second-order valence-electron chi connectivity index (χ2n) is 5.68. The molecule has 1 aliphatic carbocycles. The molecule has 105 valence electrons. The van der Waals surface area contributed by atoms with Crippen LogP contribution in [0.4, 0.5) is 0 Å². The smallest absolute Gasteiger partial charge is 0.328 e. The average Bonchev–Trinajstić information content (AvgIpc) is 2.21. The molecule has 4 nitrogen and oxygen atoms in total. The zero-order chi connectivity index (χ0) is 14.8. The molecule has 0 amide bonds. The van der Waals surface area contributed by atoms with E-state index in [2.05, 4.69) is 0 Å². The van der Waals surface area contributed by atoms with E-state index in [1.165, 1.54) is 6.08 Å². The summed E-state index contributed by atoms with van der Waals surface area (Å²) in [6.45, 7) is 7.00. The normalized spacial score (nSPS) is 26.1. The molecular formula is C15H20CsO4. The van der Waals surface area contributed by atoms with Crippen LogP contribution in [0.2, 0.25) is 0 Å². The number of carbonyl (C=O) groups is 2. The maximum absolute atomic E-state index is 11.6. The Morgan fingerprint density at radius 3 is 2.40 bits per heavy atom. The van der Waals surface area contributed by atoms with Crippen LogP contribution in [0.5, 0.6) is 0 Å². The molecule has 2 N–H and O–H groups in total. The minimum absolute atomic E-state index is 0. The molecule has 0 aromatic rings. The van der Waals surface area contributed by atoms with Crippen LogP contribution in [0.15, 0.2) is 35.5 Å². The Morgan fingerprint density at radius 2 is 1.95 bits per heavy atom. The average molecular weight is 397 g/mol. The number of allylic oxidation sites excluding steroid dienone is 3. The van der Waals surface area contributed by atoms with Crippen molar-refractivity contribution in [2.45, 2.75) is 39.7 Å². The number of carboxylic acid groups (broad SMARTS) is 1. The van der Waals surface area contributed by atoms with Gasteiger partial charge in [-0.3, -0.25) is 4.79 Å². The number of carboxylic acids is 1. The van der Waals surface area contributed by atoms with Gasteiger partial charge in [0.1, 0.15) is 5.60 Å². The molecule has 1 atom stereocenters. The van der Waals surface area contributed by atoms with Gasteiger partial charge in [-0.05, 0) is 37.1 Å². The minimum Gasteiger partial charge on any atom is -0.478 e. The van der Waals surface area contributed by atoms with E-state index in [-0.39, 0.29) is 81.1 Å². The Morgan fingerprint density at radius 1 is 1.40 bits per heavy atom. The summed E-state index contributed by atoms with van der Waals surface area (Å²) >= 11 is 0. The SMILES string of the molecule is CC1=CC(=O)CC(C)(C)[C@@]1(O)/C=C/C(C)=C\C(=O)O.[Cs]. The molecule has 1 radical (unpaired) electrons. The van der Waals surface area contributed by atoms with Gasteiger partial charge in [0.25, 0.3) is 0 Å². The van der Waals surface area contributed by atoms with Gasteiger partial charge in [0.2, 0.25) is 0 Å². The van der Waals surface area contributed by atoms with Gasteiger partial charge >= 0.3 is 5.97 Å². The molecule has 0 aromatic heterocycles. The van der Waals surface area contributed by atoms with Gasteiger partial charge in [0.15, 0.2) is 5.78 Å². The molecule has 0 aromatic carbocycles. The number of aliphatic hydroxyl groups is 1. The van der Waals surface area contributed by atoms with Gasteiger partial charge in [-0.15, -0.1) is 0 Å². The van der Waals surface area contributed by atoms with Crippen LogP contribution in [-0.2, 0) is 9.59 Å². The fourth-order valence-corrected chi connectivity index (χ4v) is 2.36. The topological polar surface area (TPSA) is 74.6 Å². The Balaban J connectivity index is 0.00000361. The Bertz CT molecular complexity index is 500. The third kappa shape index (κ3) is 4.69. The van der Waals surface area contributed by atoms with Crippen LogP contribution in [-0.4, -0.2) is 96.5 Å². The Hall–Kier alpha value is 0.372. The molecule has 5 heteroatoms. The standard InChI is InChI=1S/C15H20O4.Cs/c1-10(7-13(17)18)5-6-15(19)11(2)8-12(16)9-14(15,3)4;/h5-8,19H,9H2,1-4H3,(H,17,18);/b6-5+,10-7-;/t15-;/m1./s1. The first-order valence-corrected chi connectivity index (χ1v) is 6.13. The van der Waals surface area contributed by atoms with Crippen molar-refractivity contribution >= 4 is 80.6 Å². The molecule has 0 spiro atoms. The Kier molecular flexibility index (Phi) is 7.72. The number of hydrogen-bond acceptors (Lipinski definition) is 3. The monoisotopic (exact) mass is 397 g/mol. The summed E-state index contributed by atoms with van der Waals surface area (Å²) in [7, 11) is 0. The predicted octanol–water partition coefficient (Wildman–Crippen LogP) is 1.87. The fraction of sp³-hybridized carbons (Fsp3) is 0.467. The van der Waals surface area contributed by atoms with Crippen molar-refractivity contribution in [3.8, 4) is 0 Å². The molecule has 1 aliphatic rings. The second-order valence-corrected chi connectivity index (χ2v) is 5.68. The van der Waals surface area contributed by atoms with E-state index >= 15 is 0 Å². The van der Waals surface area contributed by atoms with E-state index in [0.29, 0.717) is 11.1 Å². The summed E-state index contributed by atoms with van der Waals surface area (Å²) < 4.78 is 0. The molecule has 0 saturated heterocycles. The van der Waals surface area contributed by atoms with Gasteiger partial charge in [-0.25, -0.2) is 4.79 Å². The van der Waals surface area contributed by atoms with E-state index in [9.17, 15) is 14.7 Å². The van der Waals surface area contributed by atoms with Crippen molar-refractivity contribution in [1.82, 2.24) is 0 Å². The number of aliphatic carboxylic acids is 1. The van der Waals surface area contributed by atoms with Gasteiger partial charge in [0, 0.05) is 86.8 Å². The first-order chi connectivity index (χ1) is 8.58. The second kappa shape index (κ2) is 7.58.